The monoisotopic (exact) mass is 329 g/mol. The minimum absolute atomic E-state index is 0.124. The number of aromatic nitrogens is 5. The molecule has 0 radical (unpaired) electrons. The molecule has 0 saturated carbocycles. The van der Waals surface area contributed by atoms with Crippen molar-refractivity contribution in [2.45, 2.75) is 33.4 Å². The minimum Gasteiger partial charge on any atom is -0.362 e. The molecule has 8 nitrogen and oxygen atoms in total. The molecule has 1 aliphatic heterocycles. The molecule has 0 spiro atoms. The number of rotatable bonds is 4. The molecule has 0 fully saturated rings. The van der Waals surface area contributed by atoms with E-state index < -0.39 is 0 Å². The Kier molecular flexibility index (Phi) is 4.46. The SMILES string of the molecule is Cc1nc2c(c(N(C)C)n1)CCN(C(=O)C(C)Cn1cncn1)C2. The smallest absolute Gasteiger partial charge is 0.227 e. The summed E-state index contributed by atoms with van der Waals surface area (Å²) in [6, 6.07) is 0. The van der Waals surface area contributed by atoms with E-state index in [1.165, 1.54) is 6.33 Å². The zero-order valence-electron chi connectivity index (χ0n) is 14.6. The third kappa shape index (κ3) is 3.22. The van der Waals surface area contributed by atoms with E-state index in [1.807, 2.05) is 37.7 Å². The van der Waals surface area contributed by atoms with Gasteiger partial charge in [-0.3, -0.25) is 9.48 Å². The maximum atomic E-state index is 12.7. The van der Waals surface area contributed by atoms with Crippen LogP contribution in [0.25, 0.3) is 0 Å². The Morgan fingerprint density at radius 1 is 1.38 bits per heavy atom. The molecule has 24 heavy (non-hydrogen) atoms. The van der Waals surface area contributed by atoms with Gasteiger partial charge in [0.15, 0.2) is 0 Å². The van der Waals surface area contributed by atoms with Crippen molar-refractivity contribution in [1.29, 1.82) is 0 Å². The average molecular weight is 329 g/mol. The van der Waals surface area contributed by atoms with Crippen molar-refractivity contribution in [1.82, 2.24) is 29.6 Å². The highest BCUT2D eigenvalue weighted by molar-refractivity contribution is 5.78. The number of carbonyl (C=O) groups excluding carboxylic acids is 1. The van der Waals surface area contributed by atoms with E-state index in [9.17, 15) is 4.79 Å². The molecule has 1 amide bonds. The third-order valence-corrected chi connectivity index (χ3v) is 4.24. The van der Waals surface area contributed by atoms with Crippen LogP contribution in [0.5, 0.6) is 0 Å². The van der Waals surface area contributed by atoms with Crippen molar-refractivity contribution < 1.29 is 4.79 Å². The van der Waals surface area contributed by atoms with Gasteiger partial charge in [0.2, 0.25) is 5.91 Å². The maximum Gasteiger partial charge on any atom is 0.227 e. The standard InChI is InChI=1S/C16H23N7O/c1-11(7-23-10-17-9-18-23)16(24)22-6-5-13-14(8-22)19-12(2)20-15(13)21(3)4/h9-11H,5-8H2,1-4H3. The molecule has 0 saturated heterocycles. The van der Waals surface area contributed by atoms with Crippen molar-refractivity contribution in [2.75, 3.05) is 25.5 Å². The molecule has 1 atom stereocenters. The van der Waals surface area contributed by atoms with Gasteiger partial charge in [-0.05, 0) is 13.3 Å². The molecule has 3 heterocycles. The summed E-state index contributed by atoms with van der Waals surface area (Å²) in [4.78, 5) is 29.7. The zero-order valence-corrected chi connectivity index (χ0v) is 14.6. The first-order valence-corrected chi connectivity index (χ1v) is 8.10. The first kappa shape index (κ1) is 16.4. The molecule has 0 N–H and O–H groups in total. The Balaban J connectivity index is 1.76. The molecule has 0 bridgehead atoms. The number of carbonyl (C=O) groups is 1. The number of amides is 1. The number of aryl methyl sites for hydroxylation is 1. The van der Waals surface area contributed by atoms with Gasteiger partial charge in [-0.1, -0.05) is 6.92 Å². The van der Waals surface area contributed by atoms with Crippen LogP contribution in [0.4, 0.5) is 5.82 Å². The summed E-state index contributed by atoms with van der Waals surface area (Å²) in [5.74, 6) is 1.67. The molecular weight excluding hydrogens is 306 g/mol. The Morgan fingerprint density at radius 2 is 2.17 bits per heavy atom. The highest BCUT2D eigenvalue weighted by Gasteiger charge is 2.28. The van der Waals surface area contributed by atoms with Gasteiger partial charge in [0.1, 0.15) is 24.3 Å². The molecule has 3 rings (SSSR count). The van der Waals surface area contributed by atoms with E-state index in [-0.39, 0.29) is 11.8 Å². The van der Waals surface area contributed by atoms with Gasteiger partial charge in [-0.25, -0.2) is 15.0 Å². The molecule has 8 heteroatoms. The number of nitrogens with zero attached hydrogens (tertiary/aromatic N) is 7. The van der Waals surface area contributed by atoms with Crippen molar-refractivity contribution in [3.8, 4) is 0 Å². The van der Waals surface area contributed by atoms with Crippen LogP contribution >= 0.6 is 0 Å². The van der Waals surface area contributed by atoms with Crippen LogP contribution in [-0.4, -0.2) is 56.2 Å². The van der Waals surface area contributed by atoms with Gasteiger partial charge >= 0.3 is 0 Å². The Hall–Kier alpha value is -2.51. The van der Waals surface area contributed by atoms with Gasteiger partial charge in [0, 0.05) is 26.2 Å². The molecule has 2 aromatic heterocycles. The largest absolute Gasteiger partial charge is 0.362 e. The van der Waals surface area contributed by atoms with Gasteiger partial charge in [-0.15, -0.1) is 0 Å². The summed E-state index contributed by atoms with van der Waals surface area (Å²) >= 11 is 0. The summed E-state index contributed by atoms with van der Waals surface area (Å²) in [6.45, 7) is 5.59. The van der Waals surface area contributed by atoms with Gasteiger partial charge in [-0.2, -0.15) is 5.10 Å². The second-order valence-electron chi connectivity index (χ2n) is 6.44. The molecule has 0 aromatic carbocycles. The van der Waals surface area contributed by atoms with Crippen molar-refractivity contribution in [2.24, 2.45) is 5.92 Å². The minimum atomic E-state index is -0.149. The Bertz CT molecular complexity index is 726. The highest BCUT2D eigenvalue weighted by Crippen LogP contribution is 2.26. The van der Waals surface area contributed by atoms with Crippen LogP contribution in [0.15, 0.2) is 12.7 Å². The van der Waals surface area contributed by atoms with Crippen LogP contribution in [0.1, 0.15) is 24.0 Å². The number of anilines is 1. The fraction of sp³-hybridized carbons (Fsp3) is 0.562. The Labute approximate surface area is 141 Å². The van der Waals surface area contributed by atoms with E-state index in [2.05, 4.69) is 20.1 Å². The predicted octanol–water partition coefficient (Wildman–Crippen LogP) is 0.664. The molecule has 128 valence electrons. The molecule has 0 aliphatic carbocycles. The fourth-order valence-electron chi connectivity index (χ4n) is 3.09. The van der Waals surface area contributed by atoms with Crippen LogP contribution in [0, 0.1) is 12.8 Å². The number of fused-ring (bicyclic) bond motifs is 1. The first-order valence-electron chi connectivity index (χ1n) is 8.10. The van der Waals surface area contributed by atoms with Crippen molar-refractivity contribution in [3.63, 3.8) is 0 Å². The topological polar surface area (TPSA) is 80.0 Å². The molecule has 1 unspecified atom stereocenters. The van der Waals surface area contributed by atoms with Crippen LogP contribution in [-0.2, 0) is 24.3 Å². The van der Waals surface area contributed by atoms with E-state index in [1.54, 1.807) is 11.0 Å². The van der Waals surface area contributed by atoms with E-state index >= 15 is 0 Å². The lowest BCUT2D eigenvalue weighted by Gasteiger charge is -2.32. The van der Waals surface area contributed by atoms with Crippen LogP contribution < -0.4 is 4.90 Å². The lowest BCUT2D eigenvalue weighted by molar-refractivity contribution is -0.136. The highest BCUT2D eigenvalue weighted by atomic mass is 16.2. The van der Waals surface area contributed by atoms with Crippen LogP contribution in [0.2, 0.25) is 0 Å². The molecule has 2 aromatic rings. The molecular formula is C16H23N7O. The maximum absolute atomic E-state index is 12.7. The average Bonchev–Trinajstić information content (AvgIpc) is 3.05. The first-order chi connectivity index (χ1) is 11.5. The lowest BCUT2D eigenvalue weighted by atomic mass is 10.0. The summed E-state index contributed by atoms with van der Waals surface area (Å²) in [7, 11) is 3.97. The van der Waals surface area contributed by atoms with Gasteiger partial charge in [0.25, 0.3) is 0 Å². The normalized spacial score (nSPS) is 15.1. The summed E-state index contributed by atoms with van der Waals surface area (Å²) in [5, 5.41) is 4.07. The fourth-order valence-corrected chi connectivity index (χ4v) is 3.09. The van der Waals surface area contributed by atoms with Crippen LogP contribution in [0.3, 0.4) is 0 Å². The van der Waals surface area contributed by atoms with Gasteiger partial charge < -0.3 is 9.80 Å². The third-order valence-electron chi connectivity index (χ3n) is 4.24. The Morgan fingerprint density at radius 3 is 2.83 bits per heavy atom. The second kappa shape index (κ2) is 6.54. The van der Waals surface area contributed by atoms with E-state index in [0.29, 0.717) is 19.6 Å². The van der Waals surface area contributed by atoms with E-state index in [4.69, 9.17) is 0 Å². The lowest BCUT2D eigenvalue weighted by Crippen LogP contribution is -2.41. The zero-order chi connectivity index (χ0) is 17.3. The molecule has 1 aliphatic rings. The summed E-state index contributed by atoms with van der Waals surface area (Å²) in [6.07, 6.45) is 3.90. The second-order valence-corrected chi connectivity index (χ2v) is 6.44. The summed E-state index contributed by atoms with van der Waals surface area (Å²) in [5.41, 5.74) is 2.11. The number of hydrogen-bond donors (Lipinski definition) is 0. The number of hydrogen-bond acceptors (Lipinski definition) is 6. The van der Waals surface area contributed by atoms with Gasteiger partial charge in [0.05, 0.1) is 24.7 Å². The van der Waals surface area contributed by atoms with Crippen molar-refractivity contribution in [3.05, 3.63) is 29.7 Å². The quantitative estimate of drug-likeness (QED) is 0.820. The van der Waals surface area contributed by atoms with Crippen molar-refractivity contribution >= 4 is 11.7 Å². The predicted molar refractivity (Wildman–Crippen MR) is 89.4 cm³/mol. The van der Waals surface area contributed by atoms with E-state index in [0.717, 1.165) is 29.3 Å². The summed E-state index contributed by atoms with van der Waals surface area (Å²) < 4.78 is 1.69.